The van der Waals surface area contributed by atoms with Gasteiger partial charge < -0.3 is 15.7 Å². The Kier molecular flexibility index (Phi) is 3.06. The first-order chi connectivity index (χ1) is 7.99. The average Bonchev–Trinajstić information content (AvgIpc) is 2.80. The Labute approximate surface area is 100 Å². The lowest BCUT2D eigenvalue weighted by Gasteiger charge is -2.15. The third-order valence-electron chi connectivity index (χ3n) is 3.24. The molecule has 0 aromatic carbocycles. The Bertz CT molecular complexity index is 441. The molecule has 17 heavy (non-hydrogen) atoms. The number of carbonyl (C=O) groups excluding carboxylic acids is 1. The number of anilines is 1. The standard InChI is InChI=1S/C11H18N4O2/c1-7-11(12)8(2)15(13-7)6-10(17)14-4-3-9(16)5-14/h9,16H,3-6,12H2,1-2H3. The smallest absolute Gasteiger partial charge is 0.244 e. The minimum Gasteiger partial charge on any atom is -0.396 e. The van der Waals surface area contributed by atoms with E-state index in [-0.39, 0.29) is 18.6 Å². The molecular weight excluding hydrogens is 220 g/mol. The number of aliphatic hydroxyl groups excluding tert-OH is 1. The van der Waals surface area contributed by atoms with E-state index in [1.54, 1.807) is 9.58 Å². The van der Waals surface area contributed by atoms with Crippen LogP contribution in [0.5, 0.6) is 0 Å². The van der Waals surface area contributed by atoms with Crippen molar-refractivity contribution in [2.75, 3.05) is 18.8 Å². The summed E-state index contributed by atoms with van der Waals surface area (Å²) in [5, 5.41) is 13.6. The molecule has 94 valence electrons. The van der Waals surface area contributed by atoms with Crippen molar-refractivity contribution in [3.63, 3.8) is 0 Å². The molecule has 1 amide bonds. The summed E-state index contributed by atoms with van der Waals surface area (Å²) in [5.74, 6) is -0.0212. The fourth-order valence-corrected chi connectivity index (χ4v) is 2.06. The predicted octanol–water partition coefficient (Wildman–Crippen LogP) is -0.325. The molecule has 1 aliphatic heterocycles. The SMILES string of the molecule is Cc1nn(CC(=O)N2CCC(O)C2)c(C)c1N. The molecule has 6 nitrogen and oxygen atoms in total. The van der Waals surface area contributed by atoms with Gasteiger partial charge in [0.1, 0.15) is 6.54 Å². The molecule has 0 bridgehead atoms. The van der Waals surface area contributed by atoms with Crippen molar-refractivity contribution in [3.8, 4) is 0 Å². The van der Waals surface area contributed by atoms with E-state index in [0.29, 0.717) is 25.2 Å². The van der Waals surface area contributed by atoms with Gasteiger partial charge in [-0.25, -0.2) is 0 Å². The number of aliphatic hydroxyl groups is 1. The van der Waals surface area contributed by atoms with E-state index in [9.17, 15) is 9.90 Å². The Morgan fingerprint density at radius 2 is 2.29 bits per heavy atom. The fraction of sp³-hybridized carbons (Fsp3) is 0.636. The van der Waals surface area contributed by atoms with Crippen molar-refractivity contribution in [2.45, 2.75) is 32.9 Å². The van der Waals surface area contributed by atoms with Crippen LogP contribution in [0.2, 0.25) is 0 Å². The molecule has 1 aromatic heterocycles. The highest BCUT2D eigenvalue weighted by Gasteiger charge is 2.25. The predicted molar refractivity (Wildman–Crippen MR) is 63.3 cm³/mol. The average molecular weight is 238 g/mol. The summed E-state index contributed by atoms with van der Waals surface area (Å²) in [6.45, 7) is 4.91. The van der Waals surface area contributed by atoms with Crippen molar-refractivity contribution in [2.24, 2.45) is 0 Å². The molecule has 0 aliphatic carbocycles. The lowest BCUT2D eigenvalue weighted by Crippen LogP contribution is -2.33. The van der Waals surface area contributed by atoms with Crippen LogP contribution in [0.15, 0.2) is 0 Å². The van der Waals surface area contributed by atoms with E-state index >= 15 is 0 Å². The summed E-state index contributed by atoms with van der Waals surface area (Å²) < 4.78 is 1.62. The third-order valence-corrected chi connectivity index (χ3v) is 3.24. The van der Waals surface area contributed by atoms with Gasteiger partial charge in [0.15, 0.2) is 0 Å². The maximum atomic E-state index is 11.9. The van der Waals surface area contributed by atoms with E-state index < -0.39 is 0 Å². The number of rotatable bonds is 2. The highest BCUT2D eigenvalue weighted by atomic mass is 16.3. The molecule has 1 saturated heterocycles. The monoisotopic (exact) mass is 238 g/mol. The van der Waals surface area contributed by atoms with Crippen molar-refractivity contribution in [3.05, 3.63) is 11.4 Å². The first-order valence-electron chi connectivity index (χ1n) is 5.74. The molecule has 1 aromatic rings. The molecule has 1 fully saturated rings. The number of aromatic nitrogens is 2. The first kappa shape index (κ1) is 11.9. The molecule has 2 heterocycles. The molecule has 0 saturated carbocycles. The van der Waals surface area contributed by atoms with Crippen LogP contribution in [0, 0.1) is 13.8 Å². The highest BCUT2D eigenvalue weighted by Crippen LogP contribution is 2.16. The second-order valence-electron chi connectivity index (χ2n) is 4.52. The zero-order valence-corrected chi connectivity index (χ0v) is 10.2. The maximum absolute atomic E-state index is 11.9. The maximum Gasteiger partial charge on any atom is 0.244 e. The Balaban J connectivity index is 2.05. The van der Waals surface area contributed by atoms with Gasteiger partial charge in [0.05, 0.1) is 23.2 Å². The van der Waals surface area contributed by atoms with Gasteiger partial charge in [0, 0.05) is 13.1 Å². The van der Waals surface area contributed by atoms with Gasteiger partial charge in [-0.05, 0) is 20.3 Å². The van der Waals surface area contributed by atoms with Crippen LogP contribution in [0.1, 0.15) is 17.8 Å². The van der Waals surface area contributed by atoms with Crippen LogP contribution < -0.4 is 5.73 Å². The first-order valence-corrected chi connectivity index (χ1v) is 5.74. The number of carbonyl (C=O) groups is 1. The molecule has 1 atom stereocenters. The highest BCUT2D eigenvalue weighted by molar-refractivity contribution is 5.76. The summed E-state index contributed by atoms with van der Waals surface area (Å²) >= 11 is 0. The molecule has 3 N–H and O–H groups in total. The van der Waals surface area contributed by atoms with Crippen molar-refractivity contribution >= 4 is 11.6 Å². The van der Waals surface area contributed by atoms with Crippen LogP contribution in [0.3, 0.4) is 0 Å². The van der Waals surface area contributed by atoms with E-state index in [2.05, 4.69) is 5.10 Å². The van der Waals surface area contributed by atoms with Gasteiger partial charge in [-0.15, -0.1) is 0 Å². The van der Waals surface area contributed by atoms with E-state index in [1.807, 2.05) is 13.8 Å². The van der Waals surface area contributed by atoms with E-state index in [1.165, 1.54) is 0 Å². The molecule has 1 aliphatic rings. The van der Waals surface area contributed by atoms with Gasteiger partial charge >= 0.3 is 0 Å². The number of aryl methyl sites for hydroxylation is 1. The van der Waals surface area contributed by atoms with Crippen LogP contribution in [0.4, 0.5) is 5.69 Å². The normalized spacial score (nSPS) is 19.9. The number of hydrogen-bond acceptors (Lipinski definition) is 4. The summed E-state index contributed by atoms with van der Waals surface area (Å²) in [4.78, 5) is 13.6. The molecule has 0 radical (unpaired) electrons. The summed E-state index contributed by atoms with van der Waals surface area (Å²) in [7, 11) is 0. The number of amides is 1. The van der Waals surface area contributed by atoms with Crippen LogP contribution in [-0.2, 0) is 11.3 Å². The van der Waals surface area contributed by atoms with Crippen LogP contribution >= 0.6 is 0 Å². The quantitative estimate of drug-likeness (QED) is 0.739. The largest absolute Gasteiger partial charge is 0.396 e. The third kappa shape index (κ3) is 2.26. The fourth-order valence-electron chi connectivity index (χ4n) is 2.06. The topological polar surface area (TPSA) is 84.4 Å². The summed E-state index contributed by atoms with van der Waals surface area (Å²) in [6, 6.07) is 0. The Hall–Kier alpha value is -1.56. The van der Waals surface area contributed by atoms with Gasteiger partial charge in [-0.3, -0.25) is 9.48 Å². The van der Waals surface area contributed by atoms with Gasteiger partial charge in [-0.2, -0.15) is 5.10 Å². The minimum atomic E-state index is -0.385. The number of nitrogens with two attached hydrogens (primary N) is 1. The van der Waals surface area contributed by atoms with Crippen molar-refractivity contribution in [1.82, 2.24) is 14.7 Å². The second kappa shape index (κ2) is 4.37. The molecule has 0 spiro atoms. The zero-order chi connectivity index (χ0) is 12.6. The molecule has 2 rings (SSSR count). The Morgan fingerprint density at radius 3 is 2.76 bits per heavy atom. The lowest BCUT2D eigenvalue weighted by molar-refractivity contribution is -0.131. The van der Waals surface area contributed by atoms with Gasteiger partial charge in [0.2, 0.25) is 5.91 Å². The van der Waals surface area contributed by atoms with Crippen molar-refractivity contribution < 1.29 is 9.90 Å². The number of β-amino-alcohol motifs (C(OH)–C–C–N with tert-alkyl or cyclic N) is 1. The molecule has 6 heteroatoms. The lowest BCUT2D eigenvalue weighted by atomic mass is 10.3. The zero-order valence-electron chi connectivity index (χ0n) is 10.2. The second-order valence-corrected chi connectivity index (χ2v) is 4.52. The summed E-state index contributed by atoms with van der Waals surface area (Å²) in [6.07, 6.45) is 0.273. The van der Waals surface area contributed by atoms with Crippen LogP contribution in [-0.4, -0.2) is 44.9 Å². The van der Waals surface area contributed by atoms with Gasteiger partial charge in [0.25, 0.3) is 0 Å². The van der Waals surface area contributed by atoms with E-state index in [0.717, 1.165) is 11.4 Å². The molecular formula is C11H18N4O2. The Morgan fingerprint density at radius 1 is 1.59 bits per heavy atom. The minimum absolute atomic E-state index is 0.0212. The number of likely N-dealkylation sites (tertiary alicyclic amines) is 1. The summed E-state index contributed by atoms with van der Waals surface area (Å²) in [5.41, 5.74) is 8.01. The van der Waals surface area contributed by atoms with Gasteiger partial charge in [-0.1, -0.05) is 0 Å². The number of hydrogen-bond donors (Lipinski definition) is 2. The van der Waals surface area contributed by atoms with Crippen LogP contribution in [0.25, 0.3) is 0 Å². The number of nitrogens with zero attached hydrogens (tertiary/aromatic N) is 3. The van der Waals surface area contributed by atoms with E-state index in [4.69, 9.17) is 5.73 Å². The molecule has 1 unspecified atom stereocenters. The van der Waals surface area contributed by atoms with Crippen molar-refractivity contribution in [1.29, 1.82) is 0 Å². The number of nitrogen functional groups attached to an aromatic ring is 1.